The van der Waals surface area contributed by atoms with E-state index in [1.165, 1.54) is 83.5 Å². The van der Waals surface area contributed by atoms with E-state index in [2.05, 4.69) is 26.0 Å². The third-order valence-electron chi connectivity index (χ3n) is 6.97. The minimum atomic E-state index is -0.121. The summed E-state index contributed by atoms with van der Waals surface area (Å²) in [5, 5.41) is 10.3. The van der Waals surface area contributed by atoms with Gasteiger partial charge in [-0.05, 0) is 76.0 Å². The van der Waals surface area contributed by atoms with E-state index >= 15 is 0 Å². The minimum Gasteiger partial charge on any atom is -0.393 e. The summed E-state index contributed by atoms with van der Waals surface area (Å²) in [6.07, 6.45) is 26.8. The third kappa shape index (κ3) is 9.97. The van der Waals surface area contributed by atoms with Gasteiger partial charge in [-0.1, -0.05) is 82.1 Å². The van der Waals surface area contributed by atoms with E-state index in [-0.39, 0.29) is 6.10 Å². The molecule has 0 aromatic rings. The molecule has 1 saturated carbocycles. The molecular formula is C26H46O. The van der Waals surface area contributed by atoms with Crippen LogP contribution in [0.1, 0.15) is 123 Å². The second kappa shape index (κ2) is 13.6. The lowest BCUT2D eigenvalue weighted by Crippen LogP contribution is -2.09. The Labute approximate surface area is 169 Å². The Morgan fingerprint density at radius 3 is 2.70 bits per heavy atom. The van der Waals surface area contributed by atoms with Gasteiger partial charge < -0.3 is 5.11 Å². The number of aliphatic hydroxyl groups is 1. The van der Waals surface area contributed by atoms with Crippen LogP contribution in [0.2, 0.25) is 0 Å². The topological polar surface area (TPSA) is 20.2 Å². The largest absolute Gasteiger partial charge is 0.393 e. The van der Waals surface area contributed by atoms with Gasteiger partial charge in [0.15, 0.2) is 0 Å². The van der Waals surface area contributed by atoms with E-state index in [9.17, 15) is 5.11 Å². The fraction of sp³-hybridized carbons (Fsp3) is 0.846. The second-order valence-corrected chi connectivity index (χ2v) is 9.48. The van der Waals surface area contributed by atoms with E-state index in [0.717, 1.165) is 37.5 Å². The van der Waals surface area contributed by atoms with Crippen molar-refractivity contribution >= 4 is 0 Å². The Hall–Kier alpha value is -0.560. The van der Waals surface area contributed by atoms with Crippen LogP contribution in [0, 0.1) is 11.8 Å². The average molecular weight is 375 g/mol. The van der Waals surface area contributed by atoms with E-state index in [1.807, 2.05) is 0 Å². The van der Waals surface area contributed by atoms with Gasteiger partial charge in [-0.15, -0.1) is 0 Å². The zero-order valence-corrected chi connectivity index (χ0v) is 18.4. The van der Waals surface area contributed by atoms with Gasteiger partial charge in [0, 0.05) is 0 Å². The lowest BCUT2D eigenvalue weighted by atomic mass is 9.85. The molecule has 0 saturated heterocycles. The Morgan fingerprint density at radius 1 is 1.15 bits per heavy atom. The van der Waals surface area contributed by atoms with Crippen LogP contribution in [-0.4, -0.2) is 11.2 Å². The molecule has 1 fully saturated rings. The number of unbranched alkanes of at least 4 members (excludes halogenated alkanes) is 1. The molecule has 2 rings (SSSR count). The summed E-state index contributed by atoms with van der Waals surface area (Å²) in [5.41, 5.74) is 3.21. The van der Waals surface area contributed by atoms with Gasteiger partial charge in [0.1, 0.15) is 0 Å². The van der Waals surface area contributed by atoms with E-state index in [0.29, 0.717) is 0 Å². The minimum absolute atomic E-state index is 0.121. The summed E-state index contributed by atoms with van der Waals surface area (Å²) in [4.78, 5) is 0. The lowest BCUT2D eigenvalue weighted by Gasteiger charge is -2.21. The summed E-state index contributed by atoms with van der Waals surface area (Å²) < 4.78 is 0. The molecule has 0 bridgehead atoms. The molecular weight excluding hydrogens is 328 g/mol. The number of allylic oxidation sites excluding steroid dienone is 4. The number of rotatable bonds is 12. The van der Waals surface area contributed by atoms with Crippen molar-refractivity contribution in [1.82, 2.24) is 0 Å². The van der Waals surface area contributed by atoms with Crippen LogP contribution in [0.15, 0.2) is 23.3 Å². The molecule has 2 unspecified atom stereocenters. The Bertz CT molecular complexity index is 441. The number of hydrogen-bond acceptors (Lipinski definition) is 1. The number of aliphatic hydroxyl groups excluding tert-OH is 1. The van der Waals surface area contributed by atoms with Crippen molar-refractivity contribution in [2.24, 2.45) is 11.8 Å². The second-order valence-electron chi connectivity index (χ2n) is 9.48. The van der Waals surface area contributed by atoms with E-state index < -0.39 is 0 Å². The van der Waals surface area contributed by atoms with Gasteiger partial charge in [0.2, 0.25) is 0 Å². The van der Waals surface area contributed by atoms with Crippen molar-refractivity contribution in [3.8, 4) is 0 Å². The molecule has 0 heterocycles. The van der Waals surface area contributed by atoms with E-state index in [4.69, 9.17) is 0 Å². The molecule has 1 heteroatoms. The summed E-state index contributed by atoms with van der Waals surface area (Å²) in [6, 6.07) is 0. The Morgan fingerprint density at radius 2 is 1.96 bits per heavy atom. The highest BCUT2D eigenvalue weighted by Gasteiger charge is 2.13. The molecule has 0 aliphatic heterocycles. The van der Waals surface area contributed by atoms with Gasteiger partial charge in [-0.25, -0.2) is 0 Å². The van der Waals surface area contributed by atoms with Crippen molar-refractivity contribution in [1.29, 1.82) is 0 Å². The predicted octanol–water partition coefficient (Wildman–Crippen LogP) is 8.13. The first-order valence-electron chi connectivity index (χ1n) is 12.2. The monoisotopic (exact) mass is 374 g/mol. The highest BCUT2D eigenvalue weighted by molar-refractivity contribution is 5.06. The average Bonchev–Trinajstić information content (AvgIpc) is 2.69. The van der Waals surface area contributed by atoms with Crippen molar-refractivity contribution < 1.29 is 5.11 Å². The molecule has 0 spiro atoms. The summed E-state index contributed by atoms with van der Waals surface area (Å²) in [7, 11) is 0. The first kappa shape index (κ1) is 22.7. The first-order valence-corrected chi connectivity index (χ1v) is 12.2. The van der Waals surface area contributed by atoms with Crippen molar-refractivity contribution in [3.05, 3.63) is 23.3 Å². The van der Waals surface area contributed by atoms with Crippen LogP contribution in [0.3, 0.4) is 0 Å². The predicted molar refractivity (Wildman–Crippen MR) is 119 cm³/mol. The van der Waals surface area contributed by atoms with Crippen LogP contribution in [0.5, 0.6) is 0 Å². The molecule has 2 aliphatic carbocycles. The first-order chi connectivity index (χ1) is 13.2. The standard InChI is InChI=1S/C26H46O/c1-3-23(12-7-8-15-24-13-5-4-6-14-24)16-10-18-26(27)20-19-25-17-9-11-22(2)21-25/h16-17,22,24,26-27H,3-15,18-21H2,1-2H3/b23-16+. The fourth-order valence-electron chi connectivity index (χ4n) is 5.07. The highest BCUT2D eigenvalue weighted by atomic mass is 16.3. The van der Waals surface area contributed by atoms with Gasteiger partial charge in [-0.3, -0.25) is 0 Å². The molecule has 156 valence electrons. The number of hydrogen-bond donors (Lipinski definition) is 1. The zero-order valence-electron chi connectivity index (χ0n) is 18.4. The van der Waals surface area contributed by atoms with Crippen LogP contribution >= 0.6 is 0 Å². The summed E-state index contributed by atoms with van der Waals surface area (Å²) in [5.74, 6) is 1.88. The molecule has 27 heavy (non-hydrogen) atoms. The molecule has 0 amide bonds. The molecule has 2 aliphatic rings. The van der Waals surface area contributed by atoms with Crippen molar-refractivity contribution in [3.63, 3.8) is 0 Å². The molecule has 1 nitrogen and oxygen atoms in total. The SMILES string of the molecule is CC/C(=C\CCC(O)CCC1=CCCC(C)C1)CCCCC1CCCCC1. The zero-order chi connectivity index (χ0) is 19.3. The van der Waals surface area contributed by atoms with Gasteiger partial charge in [0.05, 0.1) is 6.10 Å². The smallest absolute Gasteiger partial charge is 0.0546 e. The normalized spacial score (nSPS) is 23.3. The molecule has 0 radical (unpaired) electrons. The van der Waals surface area contributed by atoms with Gasteiger partial charge in [-0.2, -0.15) is 0 Å². The fourth-order valence-corrected chi connectivity index (χ4v) is 5.07. The van der Waals surface area contributed by atoms with Gasteiger partial charge in [0.25, 0.3) is 0 Å². The maximum atomic E-state index is 10.3. The quantitative estimate of drug-likeness (QED) is 0.270. The Kier molecular flexibility index (Phi) is 11.4. The molecule has 1 N–H and O–H groups in total. The lowest BCUT2D eigenvalue weighted by molar-refractivity contribution is 0.155. The van der Waals surface area contributed by atoms with E-state index in [1.54, 1.807) is 11.1 Å². The van der Waals surface area contributed by atoms with Crippen molar-refractivity contribution in [2.45, 2.75) is 129 Å². The van der Waals surface area contributed by atoms with Crippen LogP contribution in [0.4, 0.5) is 0 Å². The maximum absolute atomic E-state index is 10.3. The van der Waals surface area contributed by atoms with Crippen LogP contribution in [0.25, 0.3) is 0 Å². The maximum Gasteiger partial charge on any atom is 0.0546 e. The molecule has 0 aromatic carbocycles. The molecule has 0 aromatic heterocycles. The highest BCUT2D eigenvalue weighted by Crippen LogP contribution is 2.29. The van der Waals surface area contributed by atoms with Crippen molar-refractivity contribution in [2.75, 3.05) is 0 Å². The Balaban J connectivity index is 1.54. The molecule has 2 atom stereocenters. The third-order valence-corrected chi connectivity index (χ3v) is 6.97. The van der Waals surface area contributed by atoms with Crippen LogP contribution in [-0.2, 0) is 0 Å². The van der Waals surface area contributed by atoms with Gasteiger partial charge >= 0.3 is 0 Å². The summed E-state index contributed by atoms with van der Waals surface area (Å²) >= 11 is 0. The van der Waals surface area contributed by atoms with Crippen LogP contribution < -0.4 is 0 Å². The summed E-state index contributed by atoms with van der Waals surface area (Å²) in [6.45, 7) is 4.65.